The molecule has 124 valence electrons. The highest BCUT2D eigenvalue weighted by molar-refractivity contribution is 7.15. The second kappa shape index (κ2) is 7.90. The van der Waals surface area contributed by atoms with E-state index in [0.717, 1.165) is 48.5 Å². The molecule has 0 amide bonds. The molecule has 1 aliphatic carbocycles. The lowest BCUT2D eigenvalue weighted by Gasteiger charge is -2.15. The van der Waals surface area contributed by atoms with Crippen molar-refractivity contribution in [1.82, 2.24) is 15.2 Å². The summed E-state index contributed by atoms with van der Waals surface area (Å²) in [5.41, 5.74) is 1.15. The Bertz CT molecular complexity index is 607. The van der Waals surface area contributed by atoms with Crippen LogP contribution in [0.5, 0.6) is 5.75 Å². The van der Waals surface area contributed by atoms with Crippen LogP contribution in [-0.2, 0) is 6.54 Å². The molecule has 1 aromatic heterocycles. The van der Waals surface area contributed by atoms with Crippen LogP contribution in [0.3, 0.4) is 0 Å². The summed E-state index contributed by atoms with van der Waals surface area (Å²) in [4.78, 5) is 8.18. The van der Waals surface area contributed by atoms with Gasteiger partial charge in [0.15, 0.2) is 0 Å². The molecule has 0 atom stereocenters. The smallest absolute Gasteiger partial charge is 0.123 e. The highest BCUT2D eigenvalue weighted by Crippen LogP contribution is 2.27. The number of nitrogens with zero attached hydrogens (tertiary/aromatic N) is 2. The number of aromatic nitrogens is 1. The second-order valence-corrected chi connectivity index (χ2v) is 7.22. The predicted molar refractivity (Wildman–Crippen MR) is 96.1 cm³/mol. The van der Waals surface area contributed by atoms with Crippen LogP contribution in [0.2, 0.25) is 0 Å². The molecular weight excluding hydrogens is 306 g/mol. The Balaban J connectivity index is 1.46. The summed E-state index contributed by atoms with van der Waals surface area (Å²) in [5.74, 6) is 0.940. The van der Waals surface area contributed by atoms with Crippen LogP contribution < -0.4 is 10.1 Å². The molecule has 1 N–H and O–H groups in total. The molecule has 2 aromatic rings. The quantitative estimate of drug-likeness (QED) is 0.715. The number of hydrogen-bond donors (Lipinski definition) is 1. The first kappa shape index (κ1) is 16.4. The fourth-order valence-electron chi connectivity index (χ4n) is 2.59. The zero-order valence-electron chi connectivity index (χ0n) is 13.9. The maximum Gasteiger partial charge on any atom is 0.123 e. The summed E-state index contributed by atoms with van der Waals surface area (Å²) in [5, 5.41) is 4.22. The topological polar surface area (TPSA) is 37.4 Å². The van der Waals surface area contributed by atoms with Gasteiger partial charge in [-0.2, -0.15) is 0 Å². The van der Waals surface area contributed by atoms with Crippen molar-refractivity contribution in [2.24, 2.45) is 0 Å². The van der Waals surface area contributed by atoms with Crippen molar-refractivity contribution in [2.75, 3.05) is 27.2 Å². The van der Waals surface area contributed by atoms with E-state index in [1.165, 1.54) is 17.7 Å². The van der Waals surface area contributed by atoms with Crippen molar-refractivity contribution in [3.8, 4) is 16.3 Å². The van der Waals surface area contributed by atoms with Crippen LogP contribution in [0.15, 0.2) is 30.5 Å². The van der Waals surface area contributed by atoms with Gasteiger partial charge in [-0.25, -0.2) is 4.98 Å². The largest absolute Gasteiger partial charge is 0.494 e. The fraction of sp³-hybridized carbons (Fsp3) is 0.500. The molecule has 23 heavy (non-hydrogen) atoms. The highest BCUT2D eigenvalue weighted by Gasteiger charge is 2.25. The molecule has 0 unspecified atom stereocenters. The molecule has 1 saturated carbocycles. The van der Waals surface area contributed by atoms with Gasteiger partial charge in [-0.05, 0) is 57.6 Å². The average molecular weight is 331 g/mol. The first-order chi connectivity index (χ1) is 11.3. The summed E-state index contributed by atoms with van der Waals surface area (Å²) in [6, 6.07) is 9.10. The number of hydrogen-bond acceptors (Lipinski definition) is 5. The first-order valence-electron chi connectivity index (χ1n) is 8.29. The van der Waals surface area contributed by atoms with E-state index in [2.05, 4.69) is 34.4 Å². The molecule has 5 heteroatoms. The van der Waals surface area contributed by atoms with E-state index in [1.54, 1.807) is 11.3 Å². The van der Waals surface area contributed by atoms with Gasteiger partial charge >= 0.3 is 0 Å². The maximum atomic E-state index is 5.84. The lowest BCUT2D eigenvalue weighted by molar-refractivity contribution is 0.258. The van der Waals surface area contributed by atoms with Gasteiger partial charge in [-0.1, -0.05) is 0 Å². The number of rotatable bonds is 9. The Kier molecular flexibility index (Phi) is 5.65. The number of thiazole rings is 1. The Hall–Kier alpha value is -1.43. The summed E-state index contributed by atoms with van der Waals surface area (Å²) < 4.78 is 5.84. The summed E-state index contributed by atoms with van der Waals surface area (Å²) in [6.45, 7) is 2.77. The standard InChI is InChI=1S/C18H25N3OS/c1-19-12-17-13-20-18(23-17)14-4-8-16(9-5-14)22-11-3-10-21(2)15-6-7-15/h4-5,8-9,13,15,19H,3,6-7,10-12H2,1-2H3. The summed E-state index contributed by atoms with van der Waals surface area (Å²) in [6.07, 6.45) is 5.75. The van der Waals surface area contributed by atoms with E-state index < -0.39 is 0 Å². The summed E-state index contributed by atoms with van der Waals surface area (Å²) in [7, 11) is 4.16. The minimum absolute atomic E-state index is 0.778. The highest BCUT2D eigenvalue weighted by atomic mass is 32.1. The molecule has 1 aromatic carbocycles. The van der Waals surface area contributed by atoms with Crippen LogP contribution in [-0.4, -0.2) is 43.2 Å². The Morgan fingerprint density at radius 1 is 1.30 bits per heavy atom. The normalized spacial score (nSPS) is 14.4. The molecule has 1 aliphatic rings. The number of ether oxygens (including phenoxy) is 1. The molecule has 4 nitrogen and oxygen atoms in total. The van der Waals surface area contributed by atoms with Gasteiger partial charge in [0.2, 0.25) is 0 Å². The fourth-order valence-corrected chi connectivity index (χ4v) is 3.52. The molecule has 1 heterocycles. The average Bonchev–Trinajstić information content (AvgIpc) is 3.32. The van der Waals surface area contributed by atoms with E-state index in [4.69, 9.17) is 4.74 Å². The van der Waals surface area contributed by atoms with Crippen LogP contribution >= 0.6 is 11.3 Å². The Morgan fingerprint density at radius 2 is 2.09 bits per heavy atom. The maximum absolute atomic E-state index is 5.84. The molecular formula is C18H25N3OS. The van der Waals surface area contributed by atoms with Gasteiger partial charge < -0.3 is 15.0 Å². The van der Waals surface area contributed by atoms with Crippen LogP contribution in [0.4, 0.5) is 0 Å². The van der Waals surface area contributed by atoms with Gasteiger partial charge in [-0.15, -0.1) is 11.3 Å². The molecule has 0 aliphatic heterocycles. The van der Waals surface area contributed by atoms with E-state index >= 15 is 0 Å². The number of nitrogens with one attached hydrogen (secondary N) is 1. The second-order valence-electron chi connectivity index (χ2n) is 6.10. The minimum Gasteiger partial charge on any atom is -0.494 e. The molecule has 0 spiro atoms. The van der Waals surface area contributed by atoms with E-state index in [9.17, 15) is 0 Å². The lowest BCUT2D eigenvalue weighted by Crippen LogP contribution is -2.23. The lowest BCUT2D eigenvalue weighted by atomic mass is 10.2. The van der Waals surface area contributed by atoms with Crippen molar-refractivity contribution in [3.05, 3.63) is 35.3 Å². The van der Waals surface area contributed by atoms with Crippen molar-refractivity contribution < 1.29 is 4.74 Å². The third-order valence-electron chi connectivity index (χ3n) is 4.10. The monoisotopic (exact) mass is 331 g/mol. The third-order valence-corrected chi connectivity index (χ3v) is 5.15. The van der Waals surface area contributed by atoms with Crippen molar-refractivity contribution in [3.63, 3.8) is 0 Å². The van der Waals surface area contributed by atoms with Gasteiger partial charge in [0.25, 0.3) is 0 Å². The Morgan fingerprint density at radius 3 is 2.78 bits per heavy atom. The van der Waals surface area contributed by atoms with E-state index in [-0.39, 0.29) is 0 Å². The zero-order chi connectivity index (χ0) is 16.1. The van der Waals surface area contributed by atoms with Gasteiger partial charge in [0.1, 0.15) is 10.8 Å². The van der Waals surface area contributed by atoms with Crippen LogP contribution in [0.1, 0.15) is 24.1 Å². The van der Waals surface area contributed by atoms with E-state index in [1.807, 2.05) is 25.4 Å². The predicted octanol–water partition coefficient (Wildman–Crippen LogP) is 3.39. The molecule has 1 fully saturated rings. The van der Waals surface area contributed by atoms with E-state index in [0.29, 0.717) is 0 Å². The van der Waals surface area contributed by atoms with Crippen LogP contribution in [0.25, 0.3) is 10.6 Å². The molecule has 0 bridgehead atoms. The molecule has 0 saturated heterocycles. The molecule has 0 radical (unpaired) electrons. The SMILES string of the molecule is CNCc1cnc(-c2ccc(OCCCN(C)C3CC3)cc2)s1. The third kappa shape index (κ3) is 4.77. The van der Waals surface area contributed by atoms with Crippen molar-refractivity contribution in [1.29, 1.82) is 0 Å². The zero-order valence-corrected chi connectivity index (χ0v) is 14.7. The summed E-state index contributed by atoms with van der Waals surface area (Å²) >= 11 is 1.73. The Labute approximate surface area is 142 Å². The van der Waals surface area contributed by atoms with Crippen molar-refractivity contribution >= 4 is 11.3 Å². The molecule has 3 rings (SSSR count). The van der Waals surface area contributed by atoms with Gasteiger partial charge in [-0.3, -0.25) is 0 Å². The minimum atomic E-state index is 0.778. The van der Waals surface area contributed by atoms with Gasteiger partial charge in [0, 0.05) is 35.8 Å². The van der Waals surface area contributed by atoms with Crippen molar-refractivity contribution in [2.45, 2.75) is 31.8 Å². The number of benzene rings is 1. The van der Waals surface area contributed by atoms with Crippen LogP contribution in [0, 0.1) is 0 Å². The van der Waals surface area contributed by atoms with Gasteiger partial charge in [0.05, 0.1) is 6.61 Å². The first-order valence-corrected chi connectivity index (χ1v) is 9.10.